The third kappa shape index (κ3) is 2.56. The van der Waals surface area contributed by atoms with Crippen molar-refractivity contribution in [2.45, 2.75) is 13.8 Å². The van der Waals surface area contributed by atoms with Crippen molar-refractivity contribution in [1.29, 1.82) is 0 Å². The molecule has 1 atom stereocenters. The average molecular weight is 197 g/mol. The standard InChI is InChI=1S/C9H15N3O2/c1-6(3-10)4-11-9(13)8-5-12-14-7(8)2/h5-6H,3-4,10H2,1-2H3,(H,11,13). The summed E-state index contributed by atoms with van der Waals surface area (Å²) in [6.07, 6.45) is 1.41. The number of hydrogen-bond donors (Lipinski definition) is 2. The van der Waals surface area contributed by atoms with Crippen LogP contribution in [0.1, 0.15) is 23.0 Å². The van der Waals surface area contributed by atoms with E-state index in [9.17, 15) is 4.79 Å². The molecule has 78 valence electrons. The fourth-order valence-corrected chi connectivity index (χ4v) is 0.962. The van der Waals surface area contributed by atoms with E-state index in [2.05, 4.69) is 10.5 Å². The van der Waals surface area contributed by atoms with Crippen LogP contribution < -0.4 is 11.1 Å². The molecule has 0 saturated carbocycles. The predicted molar refractivity (Wildman–Crippen MR) is 51.8 cm³/mol. The van der Waals surface area contributed by atoms with Gasteiger partial charge in [0.15, 0.2) is 0 Å². The normalized spacial score (nSPS) is 12.5. The maximum Gasteiger partial charge on any atom is 0.256 e. The van der Waals surface area contributed by atoms with E-state index in [0.29, 0.717) is 24.4 Å². The highest BCUT2D eigenvalue weighted by Crippen LogP contribution is 2.05. The van der Waals surface area contributed by atoms with E-state index >= 15 is 0 Å². The lowest BCUT2D eigenvalue weighted by Crippen LogP contribution is -2.31. The molecule has 14 heavy (non-hydrogen) atoms. The minimum Gasteiger partial charge on any atom is -0.361 e. The van der Waals surface area contributed by atoms with Crippen LogP contribution >= 0.6 is 0 Å². The summed E-state index contributed by atoms with van der Waals surface area (Å²) in [5.74, 6) is 0.645. The van der Waals surface area contributed by atoms with Gasteiger partial charge >= 0.3 is 0 Å². The minimum atomic E-state index is -0.163. The number of nitrogens with one attached hydrogen (secondary N) is 1. The quantitative estimate of drug-likeness (QED) is 0.727. The molecule has 1 aromatic heterocycles. The number of carbonyl (C=O) groups is 1. The van der Waals surface area contributed by atoms with Gasteiger partial charge in [-0.25, -0.2) is 0 Å². The Morgan fingerprint density at radius 2 is 2.50 bits per heavy atom. The second-order valence-corrected chi connectivity index (χ2v) is 3.35. The lowest BCUT2D eigenvalue weighted by atomic mass is 10.2. The Balaban J connectivity index is 2.47. The molecule has 0 radical (unpaired) electrons. The average Bonchev–Trinajstić information content (AvgIpc) is 2.60. The predicted octanol–water partition coefficient (Wildman–Crippen LogP) is 0.308. The Kier molecular flexibility index (Phi) is 3.64. The highest BCUT2D eigenvalue weighted by atomic mass is 16.5. The lowest BCUT2D eigenvalue weighted by Gasteiger charge is -2.08. The summed E-state index contributed by atoms with van der Waals surface area (Å²) in [6.45, 7) is 4.80. The fourth-order valence-electron chi connectivity index (χ4n) is 0.962. The molecular formula is C9H15N3O2. The molecule has 1 aromatic rings. The van der Waals surface area contributed by atoms with Crippen LogP contribution in [0, 0.1) is 12.8 Å². The number of nitrogens with two attached hydrogens (primary N) is 1. The second-order valence-electron chi connectivity index (χ2n) is 3.35. The number of aromatic nitrogens is 1. The smallest absolute Gasteiger partial charge is 0.256 e. The van der Waals surface area contributed by atoms with E-state index in [-0.39, 0.29) is 11.8 Å². The molecule has 1 rings (SSSR count). The van der Waals surface area contributed by atoms with Crippen molar-refractivity contribution in [3.05, 3.63) is 17.5 Å². The highest BCUT2D eigenvalue weighted by molar-refractivity contribution is 5.94. The first kappa shape index (κ1) is 10.7. The van der Waals surface area contributed by atoms with Gasteiger partial charge in [0.25, 0.3) is 5.91 Å². The third-order valence-corrected chi connectivity index (χ3v) is 2.01. The molecule has 0 aliphatic carbocycles. The van der Waals surface area contributed by atoms with E-state index < -0.39 is 0 Å². The number of hydrogen-bond acceptors (Lipinski definition) is 4. The SMILES string of the molecule is Cc1oncc1C(=O)NCC(C)CN. The monoisotopic (exact) mass is 197 g/mol. The first-order chi connectivity index (χ1) is 6.65. The van der Waals surface area contributed by atoms with Gasteiger partial charge in [0.1, 0.15) is 11.3 Å². The second kappa shape index (κ2) is 4.76. The Labute approximate surface area is 82.6 Å². The van der Waals surface area contributed by atoms with E-state index in [4.69, 9.17) is 10.3 Å². The molecule has 0 aliphatic heterocycles. The van der Waals surface area contributed by atoms with Crippen LogP contribution in [-0.4, -0.2) is 24.2 Å². The van der Waals surface area contributed by atoms with Crippen molar-refractivity contribution in [2.75, 3.05) is 13.1 Å². The third-order valence-electron chi connectivity index (χ3n) is 2.01. The molecule has 1 unspecified atom stereocenters. The van der Waals surface area contributed by atoms with Crippen molar-refractivity contribution in [3.8, 4) is 0 Å². The molecule has 0 spiro atoms. The molecule has 1 amide bonds. The Morgan fingerprint density at radius 3 is 3.00 bits per heavy atom. The van der Waals surface area contributed by atoms with Crippen LogP contribution in [0.25, 0.3) is 0 Å². The maximum absolute atomic E-state index is 11.5. The molecule has 3 N–H and O–H groups in total. The van der Waals surface area contributed by atoms with Gasteiger partial charge in [-0.1, -0.05) is 12.1 Å². The molecule has 1 heterocycles. The summed E-state index contributed by atoms with van der Waals surface area (Å²) in [6, 6.07) is 0. The van der Waals surface area contributed by atoms with Crippen molar-refractivity contribution in [2.24, 2.45) is 11.7 Å². The van der Waals surface area contributed by atoms with Gasteiger partial charge in [0, 0.05) is 6.54 Å². The summed E-state index contributed by atoms with van der Waals surface area (Å²) in [4.78, 5) is 11.5. The van der Waals surface area contributed by atoms with E-state index in [0.717, 1.165) is 0 Å². The number of rotatable bonds is 4. The lowest BCUT2D eigenvalue weighted by molar-refractivity contribution is 0.0947. The molecule has 5 nitrogen and oxygen atoms in total. The molecule has 0 aliphatic rings. The van der Waals surface area contributed by atoms with Gasteiger partial charge in [-0.15, -0.1) is 0 Å². The van der Waals surface area contributed by atoms with Crippen LogP contribution in [-0.2, 0) is 0 Å². The summed E-state index contributed by atoms with van der Waals surface area (Å²) >= 11 is 0. The summed E-state index contributed by atoms with van der Waals surface area (Å²) in [5.41, 5.74) is 5.91. The number of carbonyl (C=O) groups excluding carboxylic acids is 1. The summed E-state index contributed by atoms with van der Waals surface area (Å²) in [5, 5.41) is 6.29. The fraction of sp³-hybridized carbons (Fsp3) is 0.556. The Bertz CT molecular complexity index is 309. The number of amides is 1. The molecular weight excluding hydrogens is 182 g/mol. The van der Waals surface area contributed by atoms with Crippen LogP contribution in [0.4, 0.5) is 0 Å². The van der Waals surface area contributed by atoms with E-state index in [1.807, 2.05) is 6.92 Å². The zero-order valence-electron chi connectivity index (χ0n) is 8.41. The Morgan fingerprint density at radius 1 is 1.79 bits per heavy atom. The zero-order valence-corrected chi connectivity index (χ0v) is 8.41. The van der Waals surface area contributed by atoms with Crippen molar-refractivity contribution < 1.29 is 9.32 Å². The van der Waals surface area contributed by atoms with Gasteiger partial charge in [0.05, 0.1) is 6.20 Å². The van der Waals surface area contributed by atoms with Gasteiger partial charge in [-0.2, -0.15) is 0 Å². The topological polar surface area (TPSA) is 81.2 Å². The van der Waals surface area contributed by atoms with Gasteiger partial charge < -0.3 is 15.6 Å². The van der Waals surface area contributed by atoms with E-state index in [1.165, 1.54) is 6.20 Å². The molecule has 0 saturated heterocycles. The van der Waals surface area contributed by atoms with Gasteiger partial charge in [-0.3, -0.25) is 4.79 Å². The Hall–Kier alpha value is -1.36. The number of aryl methyl sites for hydroxylation is 1. The van der Waals surface area contributed by atoms with Gasteiger partial charge in [0.2, 0.25) is 0 Å². The summed E-state index contributed by atoms with van der Waals surface area (Å²) in [7, 11) is 0. The first-order valence-electron chi connectivity index (χ1n) is 4.54. The van der Waals surface area contributed by atoms with Crippen molar-refractivity contribution in [3.63, 3.8) is 0 Å². The molecule has 0 bridgehead atoms. The van der Waals surface area contributed by atoms with Crippen molar-refractivity contribution in [1.82, 2.24) is 10.5 Å². The maximum atomic E-state index is 11.5. The zero-order chi connectivity index (χ0) is 10.6. The minimum absolute atomic E-state index is 0.163. The largest absolute Gasteiger partial charge is 0.361 e. The summed E-state index contributed by atoms with van der Waals surface area (Å²) < 4.78 is 4.78. The molecule has 5 heteroatoms. The van der Waals surface area contributed by atoms with Crippen LogP contribution in [0.2, 0.25) is 0 Å². The van der Waals surface area contributed by atoms with Crippen LogP contribution in [0.3, 0.4) is 0 Å². The number of nitrogens with zero attached hydrogens (tertiary/aromatic N) is 1. The van der Waals surface area contributed by atoms with Crippen LogP contribution in [0.5, 0.6) is 0 Å². The molecule has 0 fully saturated rings. The van der Waals surface area contributed by atoms with Crippen LogP contribution in [0.15, 0.2) is 10.7 Å². The van der Waals surface area contributed by atoms with Crippen molar-refractivity contribution >= 4 is 5.91 Å². The molecule has 0 aromatic carbocycles. The van der Waals surface area contributed by atoms with Gasteiger partial charge in [-0.05, 0) is 19.4 Å². The first-order valence-corrected chi connectivity index (χ1v) is 4.54. The van der Waals surface area contributed by atoms with E-state index in [1.54, 1.807) is 6.92 Å². The highest BCUT2D eigenvalue weighted by Gasteiger charge is 2.12.